The van der Waals surface area contributed by atoms with Crippen molar-refractivity contribution in [2.24, 2.45) is 0 Å². The Balaban J connectivity index is 1.79. The number of aryl methyl sites for hydroxylation is 1. The summed E-state index contributed by atoms with van der Waals surface area (Å²) in [6.07, 6.45) is 3.39. The molecule has 2 heterocycles. The Morgan fingerprint density at radius 2 is 2.00 bits per heavy atom. The first-order valence-electron chi connectivity index (χ1n) is 8.55. The molecule has 5 nitrogen and oxygen atoms in total. The van der Waals surface area contributed by atoms with Crippen LogP contribution in [0.5, 0.6) is 0 Å². The van der Waals surface area contributed by atoms with Gasteiger partial charge in [0.05, 0.1) is 5.75 Å². The predicted molar refractivity (Wildman–Crippen MR) is 95.5 cm³/mol. The number of aromatic nitrogens is 2. The highest BCUT2D eigenvalue weighted by molar-refractivity contribution is 7.89. The zero-order chi connectivity index (χ0) is 17.2. The van der Waals surface area contributed by atoms with Gasteiger partial charge < -0.3 is 4.57 Å². The van der Waals surface area contributed by atoms with Gasteiger partial charge in [-0.15, -0.1) is 0 Å². The van der Waals surface area contributed by atoms with Gasteiger partial charge in [0.15, 0.2) is 0 Å². The molecule has 0 bridgehead atoms. The Morgan fingerprint density at radius 1 is 1.25 bits per heavy atom. The van der Waals surface area contributed by atoms with Crippen molar-refractivity contribution in [3.63, 3.8) is 0 Å². The van der Waals surface area contributed by atoms with E-state index in [1.165, 1.54) is 5.56 Å². The minimum Gasteiger partial charge on any atom is -0.328 e. The van der Waals surface area contributed by atoms with Crippen LogP contribution >= 0.6 is 0 Å². The van der Waals surface area contributed by atoms with Gasteiger partial charge in [-0.2, -0.15) is 0 Å². The maximum atomic E-state index is 12.3. The second-order valence-electron chi connectivity index (χ2n) is 6.49. The second kappa shape index (κ2) is 7.07. The predicted octanol–water partition coefficient (Wildman–Crippen LogP) is 2.77. The highest BCUT2D eigenvalue weighted by Gasteiger charge is 2.33. The van der Waals surface area contributed by atoms with E-state index in [0.29, 0.717) is 19.5 Å². The summed E-state index contributed by atoms with van der Waals surface area (Å²) in [7, 11) is -3.12. The molecule has 3 rings (SSSR count). The summed E-state index contributed by atoms with van der Waals surface area (Å²) in [5, 5.41) is 0. The van der Waals surface area contributed by atoms with Crippen molar-refractivity contribution in [1.82, 2.24) is 13.9 Å². The molecule has 1 fully saturated rings. The van der Waals surface area contributed by atoms with E-state index < -0.39 is 10.0 Å². The van der Waals surface area contributed by atoms with Crippen molar-refractivity contribution in [1.29, 1.82) is 0 Å². The van der Waals surface area contributed by atoms with E-state index in [9.17, 15) is 8.42 Å². The molecule has 2 aromatic rings. The summed E-state index contributed by atoms with van der Waals surface area (Å²) in [6.45, 7) is 5.89. The second-order valence-corrected chi connectivity index (χ2v) is 8.58. The quantitative estimate of drug-likeness (QED) is 0.807. The van der Waals surface area contributed by atoms with Crippen LogP contribution in [-0.4, -0.2) is 41.1 Å². The van der Waals surface area contributed by atoms with Crippen LogP contribution in [0.3, 0.4) is 0 Å². The Hall–Kier alpha value is -1.66. The Bertz CT molecular complexity index is 784. The summed E-state index contributed by atoms with van der Waals surface area (Å²) in [5.41, 5.74) is 2.34. The van der Waals surface area contributed by atoms with Crippen LogP contribution in [0.1, 0.15) is 42.8 Å². The van der Waals surface area contributed by atoms with Gasteiger partial charge in [0.1, 0.15) is 5.82 Å². The first kappa shape index (κ1) is 17.2. The standard InChI is InChI=1S/C18H25N3O2S/c1-3-11-24(22,23)20-10-9-17(14-20)18-19-12-15(2)21(18)13-16-7-5-4-6-8-16/h4-8,12,17H,3,9-11,13-14H2,1-2H3. The summed E-state index contributed by atoms with van der Waals surface area (Å²) < 4.78 is 28.4. The molecule has 1 aliphatic rings. The van der Waals surface area contributed by atoms with Crippen LogP contribution in [0.25, 0.3) is 0 Å². The molecule has 0 spiro atoms. The molecule has 0 radical (unpaired) electrons. The normalized spacial score (nSPS) is 19.0. The molecule has 6 heteroatoms. The number of hydrogen-bond donors (Lipinski definition) is 0. The summed E-state index contributed by atoms with van der Waals surface area (Å²) >= 11 is 0. The van der Waals surface area contributed by atoms with E-state index in [2.05, 4.69) is 28.6 Å². The third-order valence-electron chi connectivity index (χ3n) is 4.64. The average Bonchev–Trinajstić information content (AvgIpc) is 3.17. The first-order chi connectivity index (χ1) is 11.5. The van der Waals surface area contributed by atoms with Crippen molar-refractivity contribution >= 4 is 10.0 Å². The lowest BCUT2D eigenvalue weighted by molar-refractivity contribution is 0.468. The van der Waals surface area contributed by atoms with Gasteiger partial charge in [0.2, 0.25) is 10.0 Å². The highest BCUT2D eigenvalue weighted by Crippen LogP contribution is 2.29. The third kappa shape index (κ3) is 3.54. The van der Waals surface area contributed by atoms with Gasteiger partial charge in [-0.1, -0.05) is 37.3 Å². The molecule has 24 heavy (non-hydrogen) atoms. The van der Waals surface area contributed by atoms with Gasteiger partial charge in [-0.05, 0) is 25.3 Å². The number of nitrogens with zero attached hydrogens (tertiary/aromatic N) is 3. The van der Waals surface area contributed by atoms with Crippen LogP contribution in [0.15, 0.2) is 36.5 Å². The zero-order valence-corrected chi connectivity index (χ0v) is 15.2. The van der Waals surface area contributed by atoms with E-state index in [4.69, 9.17) is 0 Å². The lowest BCUT2D eigenvalue weighted by Crippen LogP contribution is -2.30. The fourth-order valence-electron chi connectivity index (χ4n) is 3.36. The first-order valence-corrected chi connectivity index (χ1v) is 10.2. The fourth-order valence-corrected chi connectivity index (χ4v) is 4.92. The Labute approximate surface area is 144 Å². The smallest absolute Gasteiger partial charge is 0.214 e. The zero-order valence-electron chi connectivity index (χ0n) is 14.4. The summed E-state index contributed by atoms with van der Waals surface area (Å²) in [4.78, 5) is 4.60. The molecule has 1 unspecified atom stereocenters. The third-order valence-corrected chi connectivity index (χ3v) is 6.68. The number of sulfonamides is 1. The number of imidazole rings is 1. The molecule has 1 saturated heterocycles. The van der Waals surface area contributed by atoms with Gasteiger partial charge in [-0.25, -0.2) is 17.7 Å². The highest BCUT2D eigenvalue weighted by atomic mass is 32.2. The Morgan fingerprint density at radius 3 is 2.71 bits per heavy atom. The van der Waals surface area contributed by atoms with Crippen LogP contribution in [0.2, 0.25) is 0 Å². The molecule has 130 valence electrons. The molecular weight excluding hydrogens is 322 g/mol. The topological polar surface area (TPSA) is 55.2 Å². The largest absolute Gasteiger partial charge is 0.328 e. The summed E-state index contributed by atoms with van der Waals surface area (Å²) in [6, 6.07) is 10.3. The maximum Gasteiger partial charge on any atom is 0.214 e. The maximum absolute atomic E-state index is 12.3. The van der Waals surface area contributed by atoms with Gasteiger partial charge in [0.25, 0.3) is 0 Å². The molecule has 0 aliphatic carbocycles. The van der Waals surface area contributed by atoms with E-state index in [1.807, 2.05) is 31.3 Å². The van der Waals surface area contributed by atoms with E-state index in [0.717, 1.165) is 24.5 Å². The van der Waals surface area contributed by atoms with Crippen molar-refractivity contribution in [3.05, 3.63) is 53.6 Å². The van der Waals surface area contributed by atoms with Gasteiger partial charge in [-0.3, -0.25) is 0 Å². The monoisotopic (exact) mass is 347 g/mol. The van der Waals surface area contributed by atoms with E-state index in [-0.39, 0.29) is 11.7 Å². The van der Waals surface area contributed by atoms with Crippen LogP contribution in [0, 0.1) is 6.92 Å². The molecular formula is C18H25N3O2S. The lowest BCUT2D eigenvalue weighted by Gasteiger charge is -2.17. The molecule has 1 atom stereocenters. The van der Waals surface area contributed by atoms with Crippen molar-refractivity contribution in [2.75, 3.05) is 18.8 Å². The van der Waals surface area contributed by atoms with Crippen molar-refractivity contribution < 1.29 is 8.42 Å². The van der Waals surface area contributed by atoms with Crippen molar-refractivity contribution in [3.8, 4) is 0 Å². The summed E-state index contributed by atoms with van der Waals surface area (Å²) in [5.74, 6) is 1.41. The molecule has 1 aromatic heterocycles. The Kier molecular flexibility index (Phi) is 5.06. The van der Waals surface area contributed by atoms with Crippen LogP contribution < -0.4 is 0 Å². The number of rotatable bonds is 6. The fraction of sp³-hybridized carbons (Fsp3) is 0.500. The average molecular weight is 347 g/mol. The van der Waals surface area contributed by atoms with E-state index in [1.54, 1.807) is 4.31 Å². The van der Waals surface area contributed by atoms with Crippen LogP contribution in [0.4, 0.5) is 0 Å². The van der Waals surface area contributed by atoms with Gasteiger partial charge in [0, 0.05) is 37.4 Å². The number of hydrogen-bond acceptors (Lipinski definition) is 3. The molecule has 0 N–H and O–H groups in total. The minimum atomic E-state index is -3.12. The number of benzene rings is 1. The molecule has 1 aliphatic heterocycles. The van der Waals surface area contributed by atoms with Crippen molar-refractivity contribution in [2.45, 2.75) is 39.2 Å². The lowest BCUT2D eigenvalue weighted by atomic mass is 10.1. The SMILES string of the molecule is CCCS(=O)(=O)N1CCC(c2ncc(C)n2Cc2ccccc2)C1. The molecule has 0 saturated carbocycles. The van der Waals surface area contributed by atoms with Gasteiger partial charge >= 0.3 is 0 Å². The minimum absolute atomic E-state index is 0.175. The molecule has 0 amide bonds. The van der Waals surface area contributed by atoms with E-state index >= 15 is 0 Å². The molecule has 1 aromatic carbocycles. The van der Waals surface area contributed by atoms with Crippen LogP contribution in [-0.2, 0) is 16.6 Å².